The second kappa shape index (κ2) is 7.55. The lowest BCUT2D eigenvalue weighted by molar-refractivity contribution is 0.0695. The Hall–Kier alpha value is -2.81. The molecule has 2 N–H and O–H groups in total. The van der Waals surface area contributed by atoms with Crippen LogP contribution in [-0.4, -0.2) is 47.3 Å². The number of anilines is 1. The number of piperidine rings is 1. The van der Waals surface area contributed by atoms with E-state index in [-0.39, 0.29) is 35.2 Å². The Kier molecular flexibility index (Phi) is 5.08. The van der Waals surface area contributed by atoms with Gasteiger partial charge in [0.1, 0.15) is 17.0 Å². The first-order chi connectivity index (χ1) is 13.9. The first kappa shape index (κ1) is 19.5. The monoisotopic (exact) mass is 404 g/mol. The van der Waals surface area contributed by atoms with Crippen LogP contribution < -0.4 is 15.6 Å². The van der Waals surface area contributed by atoms with Gasteiger partial charge in [0.25, 0.3) is 0 Å². The fourth-order valence-corrected chi connectivity index (χ4v) is 3.78. The molecule has 1 saturated heterocycles. The number of aromatic carboxylic acids is 1. The molecule has 1 aliphatic heterocycles. The zero-order valence-electron chi connectivity index (χ0n) is 16.0. The Labute approximate surface area is 165 Å². The minimum Gasteiger partial charge on any atom is -0.477 e. The van der Waals surface area contributed by atoms with Crippen molar-refractivity contribution in [1.29, 1.82) is 0 Å². The van der Waals surface area contributed by atoms with Crippen molar-refractivity contribution in [3.8, 4) is 0 Å². The third-order valence-electron chi connectivity index (χ3n) is 5.49. The number of hydrogen-bond acceptors (Lipinski definition) is 5. The number of aromatic nitrogens is 2. The maximum absolute atomic E-state index is 14.8. The van der Waals surface area contributed by atoms with Crippen LogP contribution in [-0.2, 0) is 0 Å². The van der Waals surface area contributed by atoms with Crippen LogP contribution in [0.1, 0.15) is 42.1 Å². The van der Waals surface area contributed by atoms with E-state index in [0.29, 0.717) is 31.6 Å². The molecule has 2 aromatic rings. The molecule has 0 spiro atoms. The number of carboxylic acid groups (broad SMARTS) is 1. The molecule has 0 bridgehead atoms. The van der Waals surface area contributed by atoms with Crippen LogP contribution in [0.15, 0.2) is 28.5 Å². The average molecular weight is 404 g/mol. The van der Waals surface area contributed by atoms with E-state index in [1.165, 1.54) is 6.20 Å². The summed E-state index contributed by atoms with van der Waals surface area (Å²) in [5, 5.41) is 12.1. The minimum atomic E-state index is -1.34. The highest BCUT2D eigenvalue weighted by Crippen LogP contribution is 2.37. The SMILES string of the molecule is CNCC(F)=C1CCN(c2nc3c(cc2F)c(=O)c(C(=O)O)cn3C2CC2)CC1. The third kappa shape index (κ3) is 3.62. The highest BCUT2D eigenvalue weighted by atomic mass is 19.1. The summed E-state index contributed by atoms with van der Waals surface area (Å²) in [7, 11) is 1.68. The molecule has 0 unspecified atom stereocenters. The standard InChI is InChI=1S/C20H22F2N4O3/c1-23-9-16(22)11-4-6-25(7-5-11)19-15(21)8-13-17(27)14(20(28)29)10-26(12-2-3-12)18(13)24-19/h8,10,12,23H,2-7,9H2,1H3,(H,28,29). The second-order valence-electron chi connectivity index (χ2n) is 7.51. The Morgan fingerprint density at radius 2 is 2.03 bits per heavy atom. The summed E-state index contributed by atoms with van der Waals surface area (Å²) in [4.78, 5) is 30.1. The number of rotatable bonds is 5. The highest BCUT2D eigenvalue weighted by molar-refractivity contribution is 5.92. The molecule has 2 aromatic heterocycles. The first-order valence-electron chi connectivity index (χ1n) is 9.65. The Morgan fingerprint density at radius 3 is 2.62 bits per heavy atom. The summed E-state index contributed by atoms with van der Waals surface area (Å²) in [6, 6.07) is 1.15. The lowest BCUT2D eigenvalue weighted by Gasteiger charge is -2.30. The normalized spacial score (nSPS) is 17.1. The van der Waals surface area contributed by atoms with Gasteiger partial charge in [-0.25, -0.2) is 18.6 Å². The number of nitrogens with zero attached hydrogens (tertiary/aromatic N) is 3. The topological polar surface area (TPSA) is 87.5 Å². The number of halogens is 2. The van der Waals surface area contributed by atoms with Crippen molar-refractivity contribution >= 4 is 22.8 Å². The molecule has 7 nitrogen and oxygen atoms in total. The number of carboxylic acids is 1. The molecule has 2 fully saturated rings. The molecule has 3 heterocycles. The zero-order chi connectivity index (χ0) is 20.7. The minimum absolute atomic E-state index is 0.0318. The van der Waals surface area contributed by atoms with Crippen molar-refractivity contribution in [1.82, 2.24) is 14.9 Å². The van der Waals surface area contributed by atoms with Gasteiger partial charge in [-0.15, -0.1) is 0 Å². The van der Waals surface area contributed by atoms with E-state index in [1.807, 2.05) is 0 Å². The van der Waals surface area contributed by atoms with Gasteiger partial charge >= 0.3 is 5.97 Å². The van der Waals surface area contributed by atoms with Crippen LogP contribution in [0.3, 0.4) is 0 Å². The first-order valence-corrected chi connectivity index (χ1v) is 9.65. The molecule has 1 saturated carbocycles. The van der Waals surface area contributed by atoms with Crippen molar-refractivity contribution in [2.45, 2.75) is 31.7 Å². The fourth-order valence-electron chi connectivity index (χ4n) is 3.78. The lowest BCUT2D eigenvalue weighted by Crippen LogP contribution is -2.33. The summed E-state index contributed by atoms with van der Waals surface area (Å²) in [6.07, 6.45) is 3.96. The number of fused-ring (bicyclic) bond motifs is 1. The van der Waals surface area contributed by atoms with Crippen molar-refractivity contribution in [2.75, 3.05) is 31.6 Å². The lowest BCUT2D eigenvalue weighted by atomic mass is 10.0. The van der Waals surface area contributed by atoms with Crippen LogP contribution in [0, 0.1) is 5.82 Å². The van der Waals surface area contributed by atoms with Gasteiger partial charge in [-0.3, -0.25) is 4.79 Å². The van der Waals surface area contributed by atoms with E-state index in [1.54, 1.807) is 16.5 Å². The molecule has 2 aliphatic rings. The fraction of sp³-hybridized carbons (Fsp3) is 0.450. The number of nitrogens with one attached hydrogen (secondary N) is 1. The molecule has 1 aliphatic carbocycles. The summed E-state index contributed by atoms with van der Waals surface area (Å²) < 4.78 is 30.5. The van der Waals surface area contributed by atoms with Gasteiger partial charge in [-0.1, -0.05) is 0 Å². The van der Waals surface area contributed by atoms with Crippen molar-refractivity contribution in [3.05, 3.63) is 45.3 Å². The van der Waals surface area contributed by atoms with Crippen molar-refractivity contribution in [2.24, 2.45) is 0 Å². The predicted octanol–water partition coefficient (Wildman–Crippen LogP) is 2.61. The quantitative estimate of drug-likeness (QED) is 0.797. The van der Waals surface area contributed by atoms with Gasteiger partial charge in [0, 0.05) is 31.9 Å². The predicted molar refractivity (Wildman–Crippen MR) is 105 cm³/mol. The molecule has 9 heteroatoms. The average Bonchev–Trinajstić information content (AvgIpc) is 3.53. The van der Waals surface area contributed by atoms with Crippen molar-refractivity contribution < 1.29 is 18.7 Å². The maximum atomic E-state index is 14.8. The molecule has 4 rings (SSSR count). The summed E-state index contributed by atoms with van der Waals surface area (Å²) >= 11 is 0. The van der Waals surface area contributed by atoms with E-state index in [2.05, 4.69) is 10.3 Å². The Balaban J connectivity index is 1.74. The molecule has 29 heavy (non-hydrogen) atoms. The van der Waals surface area contributed by atoms with Gasteiger partial charge in [0.15, 0.2) is 11.6 Å². The molecule has 0 radical (unpaired) electrons. The van der Waals surface area contributed by atoms with Crippen LogP contribution in [0.2, 0.25) is 0 Å². The number of pyridine rings is 2. The van der Waals surface area contributed by atoms with Gasteiger partial charge in [0.2, 0.25) is 5.43 Å². The van der Waals surface area contributed by atoms with E-state index in [4.69, 9.17) is 0 Å². The highest BCUT2D eigenvalue weighted by Gasteiger charge is 2.29. The molecule has 0 amide bonds. The molecular formula is C20H22F2N4O3. The number of likely N-dealkylation sites (N-methyl/N-ethyl adjacent to an activating group) is 1. The van der Waals surface area contributed by atoms with Gasteiger partial charge in [-0.05, 0) is 44.4 Å². The van der Waals surface area contributed by atoms with E-state index in [0.717, 1.165) is 24.5 Å². The van der Waals surface area contributed by atoms with Crippen LogP contribution >= 0.6 is 0 Å². The van der Waals surface area contributed by atoms with E-state index >= 15 is 0 Å². The van der Waals surface area contributed by atoms with Gasteiger partial charge in [0.05, 0.1) is 5.39 Å². The smallest absolute Gasteiger partial charge is 0.341 e. The van der Waals surface area contributed by atoms with E-state index in [9.17, 15) is 23.5 Å². The largest absolute Gasteiger partial charge is 0.477 e. The van der Waals surface area contributed by atoms with Crippen LogP contribution in [0.5, 0.6) is 0 Å². The van der Waals surface area contributed by atoms with Crippen LogP contribution in [0.4, 0.5) is 14.6 Å². The van der Waals surface area contributed by atoms with E-state index < -0.39 is 17.2 Å². The Morgan fingerprint density at radius 1 is 1.34 bits per heavy atom. The van der Waals surface area contributed by atoms with Crippen LogP contribution in [0.25, 0.3) is 11.0 Å². The molecular weight excluding hydrogens is 382 g/mol. The maximum Gasteiger partial charge on any atom is 0.341 e. The molecule has 154 valence electrons. The number of hydrogen-bond donors (Lipinski definition) is 2. The molecule has 0 aromatic carbocycles. The summed E-state index contributed by atoms with van der Waals surface area (Å²) in [5.41, 5.74) is -0.106. The summed E-state index contributed by atoms with van der Waals surface area (Å²) in [6.45, 7) is 1.02. The zero-order valence-corrected chi connectivity index (χ0v) is 16.0. The van der Waals surface area contributed by atoms with Gasteiger partial charge < -0.3 is 19.9 Å². The van der Waals surface area contributed by atoms with Crippen molar-refractivity contribution in [3.63, 3.8) is 0 Å². The summed E-state index contributed by atoms with van der Waals surface area (Å²) in [5.74, 6) is -2.08. The second-order valence-corrected chi connectivity index (χ2v) is 7.51. The van der Waals surface area contributed by atoms with Gasteiger partial charge in [-0.2, -0.15) is 0 Å². The third-order valence-corrected chi connectivity index (χ3v) is 5.49. The number of carbonyl (C=O) groups is 1. The molecule has 0 atom stereocenters. The Bertz CT molecular complexity index is 1070.